The van der Waals surface area contributed by atoms with Crippen LogP contribution in [-0.2, 0) is 6.61 Å². The predicted molar refractivity (Wildman–Crippen MR) is 109 cm³/mol. The highest BCUT2D eigenvalue weighted by Gasteiger charge is 2.09. The topological polar surface area (TPSA) is 56.5 Å². The highest BCUT2D eigenvalue weighted by atomic mass is 35.5. The minimum Gasteiger partial charge on any atom is -0.490 e. The fourth-order valence-corrected chi connectivity index (χ4v) is 2.57. The summed E-state index contributed by atoms with van der Waals surface area (Å²) in [7, 11) is 1.74. The van der Waals surface area contributed by atoms with Crippen molar-refractivity contribution in [2.45, 2.75) is 13.5 Å². The molecule has 0 aliphatic heterocycles. The van der Waals surface area contributed by atoms with E-state index in [1.165, 1.54) is 0 Å². The quantitative estimate of drug-likeness (QED) is 0.370. The number of nitrogens with one attached hydrogen (secondary N) is 3. The van der Waals surface area contributed by atoms with Crippen molar-refractivity contribution in [2.75, 3.05) is 13.7 Å². The largest absolute Gasteiger partial charge is 0.490 e. The van der Waals surface area contributed by atoms with E-state index in [0.717, 1.165) is 11.1 Å². The molecule has 3 N–H and O–H groups in total. The van der Waals surface area contributed by atoms with Gasteiger partial charge in [0.1, 0.15) is 6.61 Å². The van der Waals surface area contributed by atoms with Gasteiger partial charge in [0, 0.05) is 28.2 Å². The highest BCUT2D eigenvalue weighted by molar-refractivity contribution is 7.80. The average Bonchev–Trinajstić information content (AvgIpc) is 2.62. The third-order valence-corrected chi connectivity index (χ3v) is 4.21. The van der Waals surface area contributed by atoms with E-state index in [0.29, 0.717) is 39.9 Å². The van der Waals surface area contributed by atoms with E-state index in [-0.39, 0.29) is 0 Å². The summed E-state index contributed by atoms with van der Waals surface area (Å²) in [5.74, 6) is 1.28. The second kappa shape index (κ2) is 10.2. The zero-order valence-corrected chi connectivity index (χ0v) is 16.8. The van der Waals surface area contributed by atoms with Gasteiger partial charge in [-0.1, -0.05) is 29.3 Å². The average molecular weight is 413 g/mol. The summed E-state index contributed by atoms with van der Waals surface area (Å²) in [4.78, 5) is 0. The number of hydrogen-bond donors (Lipinski definition) is 3. The lowest BCUT2D eigenvalue weighted by atomic mass is 10.2. The van der Waals surface area contributed by atoms with Crippen LogP contribution in [0.3, 0.4) is 0 Å². The molecule has 26 heavy (non-hydrogen) atoms. The maximum atomic E-state index is 6.19. The van der Waals surface area contributed by atoms with Crippen LogP contribution in [0.2, 0.25) is 10.0 Å². The number of hydrazone groups is 1. The Morgan fingerprint density at radius 2 is 1.96 bits per heavy atom. The molecule has 0 radical (unpaired) electrons. The van der Waals surface area contributed by atoms with Gasteiger partial charge in [-0.3, -0.25) is 0 Å². The summed E-state index contributed by atoms with van der Waals surface area (Å²) in [5, 5.41) is 7.36. The molecular weight excluding hydrogens is 393 g/mol. The predicted octanol–water partition coefficient (Wildman–Crippen LogP) is 2.48. The standard InChI is InChI=1S/C18H19Cl2N3O2S/c1-3-24-17-8-12(10-22-23-18(26)21-2)4-7-16(17)25-11-13-5-6-14(19)9-15(13)20/h4-10H,3,11H2,1-2H3,(H2,21,23,26)/p+1. The maximum Gasteiger partial charge on any atom is 0.223 e. The molecule has 2 rings (SSSR count). The lowest BCUT2D eigenvalue weighted by Gasteiger charge is -2.13. The van der Waals surface area contributed by atoms with Crippen LogP contribution in [0.1, 0.15) is 18.1 Å². The molecule has 0 aromatic heterocycles. The molecule has 2 aromatic carbocycles. The van der Waals surface area contributed by atoms with E-state index in [9.17, 15) is 0 Å². The van der Waals surface area contributed by atoms with E-state index >= 15 is 0 Å². The lowest BCUT2D eigenvalue weighted by Crippen LogP contribution is -2.82. The van der Waals surface area contributed by atoms with Gasteiger partial charge in [-0.05, 0) is 49.5 Å². The fraction of sp³-hybridized carbons (Fsp3) is 0.222. The van der Waals surface area contributed by atoms with Crippen LogP contribution in [0.4, 0.5) is 0 Å². The molecule has 5 nitrogen and oxygen atoms in total. The number of hydrazine groups is 1. The zero-order chi connectivity index (χ0) is 18.9. The lowest BCUT2D eigenvalue weighted by molar-refractivity contribution is -0.500. The minimum atomic E-state index is 0.315. The van der Waals surface area contributed by atoms with Crippen LogP contribution in [0.25, 0.3) is 0 Å². The van der Waals surface area contributed by atoms with Crippen molar-refractivity contribution in [3.8, 4) is 11.5 Å². The summed E-state index contributed by atoms with van der Waals surface area (Å²) in [6.45, 7) is 2.76. The van der Waals surface area contributed by atoms with E-state index in [4.69, 9.17) is 44.9 Å². The molecular formula is C18H20Cl2N3O2S+. The highest BCUT2D eigenvalue weighted by Crippen LogP contribution is 2.30. The number of thiocarbonyl (C=S) groups is 1. The van der Waals surface area contributed by atoms with Crippen molar-refractivity contribution in [1.82, 2.24) is 10.7 Å². The Kier molecular flexibility index (Phi) is 7.97. The smallest absolute Gasteiger partial charge is 0.223 e. The zero-order valence-electron chi connectivity index (χ0n) is 14.4. The third-order valence-electron chi connectivity index (χ3n) is 3.32. The molecule has 0 fully saturated rings. The molecule has 138 valence electrons. The molecule has 0 aliphatic rings. The number of ether oxygens (including phenoxy) is 2. The van der Waals surface area contributed by atoms with Crippen molar-refractivity contribution >= 4 is 46.7 Å². The van der Waals surface area contributed by atoms with Crippen molar-refractivity contribution in [2.24, 2.45) is 0 Å². The molecule has 0 saturated carbocycles. The number of hydrogen-bond acceptors (Lipinski definition) is 3. The van der Waals surface area contributed by atoms with Crippen molar-refractivity contribution in [3.05, 3.63) is 57.6 Å². The molecule has 0 atom stereocenters. The Morgan fingerprint density at radius 3 is 2.65 bits per heavy atom. The molecule has 0 unspecified atom stereocenters. The Balaban J connectivity index is 2.11. The fourth-order valence-electron chi connectivity index (χ4n) is 2.04. The second-order valence-corrected chi connectivity index (χ2v) is 6.41. The second-order valence-electron chi connectivity index (χ2n) is 5.16. The monoisotopic (exact) mass is 412 g/mol. The minimum absolute atomic E-state index is 0.315. The summed E-state index contributed by atoms with van der Waals surface area (Å²) < 4.78 is 11.6. The van der Waals surface area contributed by atoms with E-state index in [2.05, 4.69) is 15.8 Å². The first-order valence-corrected chi connectivity index (χ1v) is 9.10. The van der Waals surface area contributed by atoms with E-state index in [1.807, 2.05) is 31.2 Å². The van der Waals surface area contributed by atoms with Gasteiger partial charge in [-0.15, -0.1) is 10.5 Å². The first kappa shape index (κ1) is 20.3. The molecule has 2 aromatic rings. The first-order valence-electron chi connectivity index (χ1n) is 7.93. The van der Waals surface area contributed by atoms with Gasteiger partial charge in [0.15, 0.2) is 17.7 Å². The number of rotatable bonds is 7. The molecule has 0 heterocycles. The summed E-state index contributed by atoms with van der Waals surface area (Å²) in [5.41, 5.74) is 4.57. The van der Waals surface area contributed by atoms with Crippen LogP contribution in [0.15, 0.2) is 36.4 Å². The Bertz CT molecular complexity index is 800. The van der Waals surface area contributed by atoms with Gasteiger partial charge in [-0.2, -0.15) is 0 Å². The normalized spacial score (nSPS) is 10.6. The van der Waals surface area contributed by atoms with Gasteiger partial charge in [0.2, 0.25) is 5.11 Å². The molecule has 8 heteroatoms. The Hall–Kier alpha value is -2.02. The first-order chi connectivity index (χ1) is 12.5. The molecule has 0 bridgehead atoms. The SMILES string of the molecule is CCOc1cc(C=[NH+]NC(=S)NC)ccc1OCc1ccc(Cl)cc1Cl. The van der Waals surface area contributed by atoms with Crippen LogP contribution in [0, 0.1) is 0 Å². The van der Waals surface area contributed by atoms with Gasteiger partial charge < -0.3 is 14.8 Å². The van der Waals surface area contributed by atoms with Crippen LogP contribution in [0.5, 0.6) is 11.5 Å². The van der Waals surface area contributed by atoms with Crippen LogP contribution >= 0.6 is 35.4 Å². The van der Waals surface area contributed by atoms with E-state index in [1.54, 1.807) is 25.4 Å². The summed E-state index contributed by atoms with van der Waals surface area (Å²) >= 11 is 17.1. The summed E-state index contributed by atoms with van der Waals surface area (Å²) in [6.07, 6.45) is 1.77. The van der Waals surface area contributed by atoms with Gasteiger partial charge in [0.25, 0.3) is 0 Å². The van der Waals surface area contributed by atoms with Crippen LogP contribution in [-0.4, -0.2) is 25.0 Å². The van der Waals surface area contributed by atoms with Gasteiger partial charge >= 0.3 is 0 Å². The van der Waals surface area contributed by atoms with Crippen molar-refractivity contribution in [3.63, 3.8) is 0 Å². The molecule has 0 spiro atoms. The third kappa shape index (κ3) is 6.05. The van der Waals surface area contributed by atoms with Gasteiger partial charge in [0.05, 0.1) is 6.61 Å². The van der Waals surface area contributed by atoms with Crippen molar-refractivity contribution < 1.29 is 14.6 Å². The number of benzene rings is 2. The van der Waals surface area contributed by atoms with Crippen molar-refractivity contribution in [1.29, 1.82) is 0 Å². The van der Waals surface area contributed by atoms with E-state index < -0.39 is 0 Å². The van der Waals surface area contributed by atoms with Crippen LogP contribution < -0.4 is 25.3 Å². The Morgan fingerprint density at radius 1 is 1.15 bits per heavy atom. The van der Waals surface area contributed by atoms with Gasteiger partial charge in [-0.25, -0.2) is 0 Å². The number of halogens is 2. The molecule has 0 amide bonds. The molecule has 0 saturated heterocycles. The summed E-state index contributed by atoms with van der Waals surface area (Å²) in [6, 6.07) is 10.9. The maximum absolute atomic E-state index is 6.19. The molecule has 0 aliphatic carbocycles. The Labute approximate surface area is 168 Å².